The molecule has 0 unspecified atom stereocenters. The number of hydrazine groups is 1. The van der Waals surface area contributed by atoms with Gasteiger partial charge < -0.3 is 0 Å². The van der Waals surface area contributed by atoms with Crippen LogP contribution in [0.5, 0.6) is 0 Å². The van der Waals surface area contributed by atoms with Crippen molar-refractivity contribution in [3.8, 4) is 0 Å². The summed E-state index contributed by atoms with van der Waals surface area (Å²) in [6.45, 7) is 0. The van der Waals surface area contributed by atoms with Gasteiger partial charge in [0.2, 0.25) is 0 Å². The number of sulfonamides is 1. The second-order valence-electron chi connectivity index (χ2n) is 3.60. The molecule has 0 bridgehead atoms. The summed E-state index contributed by atoms with van der Waals surface area (Å²) in [6, 6.07) is 8.22. The lowest BCUT2D eigenvalue weighted by molar-refractivity contribution is 0.0941. The number of carbonyl (C=O) groups excluding carboxylic acids is 1. The maximum absolute atomic E-state index is 13.3. The number of hydrogen-bond donors (Lipinski definition) is 2. The molecule has 1 heterocycles. The third kappa shape index (κ3) is 3.42. The third-order valence-electron chi connectivity index (χ3n) is 2.23. The Bertz CT molecular complexity index is 746. The molecule has 1 aromatic carbocycles. The topological polar surface area (TPSA) is 75.3 Å². The van der Waals surface area contributed by atoms with Crippen molar-refractivity contribution in [2.24, 2.45) is 0 Å². The lowest BCUT2D eigenvalue weighted by Gasteiger charge is -2.07. The van der Waals surface area contributed by atoms with E-state index in [1.807, 2.05) is 10.3 Å². The van der Waals surface area contributed by atoms with Gasteiger partial charge in [0, 0.05) is 0 Å². The molecular weight excluding hydrogens is 371 g/mol. The maximum atomic E-state index is 13.3. The minimum Gasteiger partial charge on any atom is -0.273 e. The Labute approximate surface area is 127 Å². The zero-order chi connectivity index (χ0) is 14.8. The number of thiophene rings is 1. The van der Waals surface area contributed by atoms with Crippen LogP contribution in [0, 0.1) is 5.82 Å². The Hall–Kier alpha value is -1.29. The van der Waals surface area contributed by atoms with Crippen molar-refractivity contribution in [1.82, 2.24) is 10.3 Å². The van der Waals surface area contributed by atoms with Gasteiger partial charge in [-0.2, -0.15) is 0 Å². The first-order valence-corrected chi connectivity index (χ1v) is 8.31. The van der Waals surface area contributed by atoms with Crippen molar-refractivity contribution < 1.29 is 17.6 Å². The molecule has 0 saturated heterocycles. The Balaban J connectivity index is 2.09. The van der Waals surface area contributed by atoms with Gasteiger partial charge in [0.1, 0.15) is 10.0 Å². The van der Waals surface area contributed by atoms with Crippen molar-refractivity contribution >= 4 is 43.2 Å². The number of rotatable bonds is 4. The molecule has 106 valence electrons. The third-order valence-corrected chi connectivity index (χ3v) is 5.59. The van der Waals surface area contributed by atoms with Gasteiger partial charge in [-0.1, -0.05) is 12.1 Å². The van der Waals surface area contributed by atoms with Crippen LogP contribution >= 0.6 is 27.3 Å². The van der Waals surface area contributed by atoms with E-state index in [-0.39, 0.29) is 9.77 Å². The number of halogens is 2. The molecule has 0 spiro atoms. The normalized spacial score (nSPS) is 11.3. The van der Waals surface area contributed by atoms with E-state index in [1.165, 1.54) is 24.3 Å². The minimum absolute atomic E-state index is 0.0261. The average molecular weight is 379 g/mol. The number of carbonyl (C=O) groups is 1. The number of benzene rings is 1. The average Bonchev–Trinajstić information content (AvgIpc) is 2.84. The summed E-state index contributed by atoms with van der Waals surface area (Å²) in [5.74, 6) is -1.61. The van der Waals surface area contributed by atoms with Crippen LogP contribution in [0.15, 0.2) is 44.4 Å². The highest BCUT2D eigenvalue weighted by Crippen LogP contribution is 2.25. The van der Waals surface area contributed by atoms with Gasteiger partial charge in [0.15, 0.2) is 0 Å². The molecule has 0 saturated carbocycles. The summed E-state index contributed by atoms with van der Waals surface area (Å²) < 4.78 is 37.7. The number of hydrogen-bond acceptors (Lipinski definition) is 4. The van der Waals surface area contributed by atoms with E-state index in [9.17, 15) is 17.6 Å². The molecule has 1 aromatic heterocycles. The first-order chi connectivity index (χ1) is 9.40. The van der Waals surface area contributed by atoms with Gasteiger partial charge in [0.05, 0.1) is 9.35 Å². The molecule has 9 heteroatoms. The summed E-state index contributed by atoms with van der Waals surface area (Å²) in [5.41, 5.74) is 1.71. The molecule has 2 aromatic rings. The fourth-order valence-corrected chi connectivity index (χ4v) is 4.17. The van der Waals surface area contributed by atoms with E-state index >= 15 is 0 Å². The lowest BCUT2D eigenvalue weighted by Crippen LogP contribution is -2.41. The van der Waals surface area contributed by atoms with E-state index in [4.69, 9.17) is 0 Å². The van der Waals surface area contributed by atoms with Crippen LogP contribution in [0.2, 0.25) is 0 Å². The first-order valence-electron chi connectivity index (χ1n) is 5.22. The Morgan fingerprint density at radius 1 is 1.20 bits per heavy atom. The van der Waals surface area contributed by atoms with Crippen molar-refractivity contribution in [2.45, 2.75) is 4.21 Å². The number of nitrogens with one attached hydrogen (secondary N) is 2. The molecular formula is C11H8BrFN2O3S2. The standard InChI is InChI=1S/C11H8BrFN2O3S2/c12-9-5-6-10(19-9)20(17,18)15-14-11(16)7-3-1-2-4-8(7)13/h1-6,15H,(H,14,16). The minimum atomic E-state index is -3.87. The van der Waals surface area contributed by atoms with Gasteiger partial charge >= 0.3 is 0 Å². The SMILES string of the molecule is O=C(NNS(=O)(=O)c1ccc(Br)s1)c1ccccc1F. The summed E-state index contributed by atoms with van der Waals surface area (Å²) in [6.07, 6.45) is 0. The van der Waals surface area contributed by atoms with E-state index in [0.29, 0.717) is 3.79 Å². The Morgan fingerprint density at radius 3 is 2.50 bits per heavy atom. The fourth-order valence-electron chi connectivity index (χ4n) is 1.32. The van der Waals surface area contributed by atoms with Gasteiger partial charge in [-0.15, -0.1) is 16.2 Å². The zero-order valence-corrected chi connectivity index (χ0v) is 13.0. The number of amides is 1. The smallest absolute Gasteiger partial charge is 0.269 e. The molecule has 5 nitrogen and oxygen atoms in total. The van der Waals surface area contributed by atoms with Gasteiger partial charge in [-0.05, 0) is 40.2 Å². The zero-order valence-electron chi connectivity index (χ0n) is 9.76. The van der Waals surface area contributed by atoms with E-state index in [2.05, 4.69) is 15.9 Å². The van der Waals surface area contributed by atoms with E-state index < -0.39 is 21.7 Å². The molecule has 1 amide bonds. The first kappa shape index (κ1) is 15.1. The molecule has 20 heavy (non-hydrogen) atoms. The predicted octanol–water partition coefficient (Wildman–Crippen LogP) is 2.27. The highest BCUT2D eigenvalue weighted by molar-refractivity contribution is 9.11. The molecule has 2 rings (SSSR count). The van der Waals surface area contributed by atoms with Crippen LogP contribution in [0.25, 0.3) is 0 Å². The molecule has 2 N–H and O–H groups in total. The Kier molecular flexibility index (Phi) is 4.53. The largest absolute Gasteiger partial charge is 0.273 e. The second-order valence-corrected chi connectivity index (χ2v) is 7.97. The van der Waals surface area contributed by atoms with E-state index in [1.54, 1.807) is 6.07 Å². The molecule has 0 aliphatic rings. The maximum Gasteiger partial charge on any atom is 0.269 e. The summed E-state index contributed by atoms with van der Waals surface area (Å²) >= 11 is 4.13. The van der Waals surface area contributed by atoms with Gasteiger partial charge in [-0.3, -0.25) is 10.2 Å². The summed E-state index contributed by atoms with van der Waals surface area (Å²) in [7, 11) is -3.87. The van der Waals surface area contributed by atoms with E-state index in [0.717, 1.165) is 17.4 Å². The fraction of sp³-hybridized carbons (Fsp3) is 0. The van der Waals surface area contributed by atoms with Crippen LogP contribution < -0.4 is 10.3 Å². The molecule has 0 aliphatic heterocycles. The molecule has 0 radical (unpaired) electrons. The van der Waals surface area contributed by atoms with Crippen molar-refractivity contribution in [2.75, 3.05) is 0 Å². The molecule has 0 aliphatic carbocycles. The van der Waals surface area contributed by atoms with Crippen LogP contribution in [0.4, 0.5) is 4.39 Å². The van der Waals surface area contributed by atoms with Gasteiger partial charge in [0.25, 0.3) is 15.9 Å². The van der Waals surface area contributed by atoms with Crippen molar-refractivity contribution in [3.05, 3.63) is 51.6 Å². The van der Waals surface area contributed by atoms with Crippen molar-refractivity contribution in [3.63, 3.8) is 0 Å². The monoisotopic (exact) mass is 378 g/mol. The summed E-state index contributed by atoms with van der Waals surface area (Å²) in [4.78, 5) is 13.6. The Morgan fingerprint density at radius 2 is 1.90 bits per heavy atom. The highest BCUT2D eigenvalue weighted by Gasteiger charge is 2.18. The molecule has 0 fully saturated rings. The van der Waals surface area contributed by atoms with Crippen LogP contribution in [-0.2, 0) is 10.0 Å². The highest BCUT2D eigenvalue weighted by atomic mass is 79.9. The van der Waals surface area contributed by atoms with Gasteiger partial charge in [-0.25, -0.2) is 12.8 Å². The van der Waals surface area contributed by atoms with Crippen LogP contribution in [-0.4, -0.2) is 14.3 Å². The quantitative estimate of drug-likeness (QED) is 0.801. The predicted molar refractivity (Wildman–Crippen MR) is 76.2 cm³/mol. The molecule has 0 atom stereocenters. The van der Waals surface area contributed by atoms with Crippen LogP contribution in [0.1, 0.15) is 10.4 Å². The van der Waals surface area contributed by atoms with Crippen molar-refractivity contribution in [1.29, 1.82) is 0 Å². The second kappa shape index (κ2) is 6.00. The lowest BCUT2D eigenvalue weighted by atomic mass is 10.2. The van der Waals surface area contributed by atoms with Crippen LogP contribution in [0.3, 0.4) is 0 Å². The summed E-state index contributed by atoms with van der Waals surface area (Å²) in [5, 5.41) is 0.